The van der Waals surface area contributed by atoms with Gasteiger partial charge in [-0.1, -0.05) is 42.7 Å². The van der Waals surface area contributed by atoms with Crippen LogP contribution in [-0.2, 0) is 0 Å². The van der Waals surface area contributed by atoms with Crippen LogP contribution in [0, 0.1) is 6.92 Å². The molecule has 0 N–H and O–H groups in total. The van der Waals surface area contributed by atoms with Crippen LogP contribution >= 0.6 is 11.3 Å². The van der Waals surface area contributed by atoms with Crippen LogP contribution in [0.15, 0.2) is 64.3 Å². The zero-order valence-corrected chi connectivity index (χ0v) is 16.5. The number of pyridine rings is 1. The fourth-order valence-electron chi connectivity index (χ4n) is 3.30. The molecule has 4 rings (SSSR count). The molecule has 2 heterocycles. The minimum atomic E-state index is 0.852. The topological polar surface area (TPSA) is 42.5 Å². The third kappa shape index (κ3) is 4.42. The lowest BCUT2D eigenvalue weighted by Gasteiger charge is -2.07. The largest absolute Gasteiger partial charge is 0.262 e. The molecule has 0 saturated heterocycles. The molecule has 4 nitrogen and oxygen atoms in total. The van der Waals surface area contributed by atoms with Crippen LogP contribution in [0.2, 0.25) is 0 Å². The fourth-order valence-corrected chi connectivity index (χ4v) is 4.15. The van der Waals surface area contributed by atoms with Crippen molar-refractivity contribution in [3.63, 3.8) is 0 Å². The average Bonchev–Trinajstić information content (AvgIpc) is 2.90. The van der Waals surface area contributed by atoms with E-state index in [1.54, 1.807) is 23.7 Å². The summed E-state index contributed by atoms with van der Waals surface area (Å²) in [7, 11) is 0. The lowest BCUT2D eigenvalue weighted by atomic mass is 10.1. The molecule has 3 aromatic rings. The van der Waals surface area contributed by atoms with Gasteiger partial charge in [0.15, 0.2) is 0 Å². The zero-order chi connectivity index (χ0) is 18.5. The molecular weight excluding hydrogens is 352 g/mol. The lowest BCUT2D eigenvalue weighted by molar-refractivity contribution is 0.702. The molecule has 0 bridgehead atoms. The van der Waals surface area contributed by atoms with Gasteiger partial charge < -0.3 is 0 Å². The molecule has 5 heteroatoms. The van der Waals surface area contributed by atoms with Gasteiger partial charge in [-0.3, -0.25) is 4.98 Å². The normalized spacial score (nSPS) is 15.6. The molecule has 0 spiro atoms. The van der Waals surface area contributed by atoms with E-state index in [-0.39, 0.29) is 0 Å². The average molecular weight is 377 g/mol. The third-order valence-corrected chi connectivity index (χ3v) is 5.64. The monoisotopic (exact) mass is 376 g/mol. The number of hydrogen-bond donors (Lipinski definition) is 0. The number of benzene rings is 1. The van der Waals surface area contributed by atoms with Crippen molar-refractivity contribution >= 4 is 22.7 Å². The Morgan fingerprint density at radius 2 is 1.78 bits per heavy atom. The van der Waals surface area contributed by atoms with Gasteiger partial charge in [0.25, 0.3) is 0 Å². The summed E-state index contributed by atoms with van der Waals surface area (Å²) in [5.41, 5.74) is 5.66. The van der Waals surface area contributed by atoms with Crippen LogP contribution in [0.4, 0.5) is 5.69 Å². The number of aryl methyl sites for hydroxylation is 1. The number of rotatable bonds is 3. The molecule has 0 unspecified atom stereocenters. The van der Waals surface area contributed by atoms with Gasteiger partial charge in [0.1, 0.15) is 0 Å². The summed E-state index contributed by atoms with van der Waals surface area (Å²) < 4.78 is 2.03. The second-order valence-electron chi connectivity index (χ2n) is 6.98. The van der Waals surface area contributed by atoms with E-state index in [2.05, 4.69) is 41.6 Å². The van der Waals surface area contributed by atoms with Crippen molar-refractivity contribution in [1.29, 1.82) is 0 Å². The molecule has 27 heavy (non-hydrogen) atoms. The second-order valence-corrected chi connectivity index (χ2v) is 7.82. The first-order valence-corrected chi connectivity index (χ1v) is 10.5. The van der Waals surface area contributed by atoms with Crippen molar-refractivity contribution in [3.05, 3.63) is 64.5 Å². The van der Waals surface area contributed by atoms with Crippen LogP contribution in [0.5, 0.6) is 0 Å². The molecule has 1 aliphatic carbocycles. The maximum Gasteiger partial charge on any atom is 0.211 e. The Balaban J connectivity index is 1.83. The first kappa shape index (κ1) is 17.9. The van der Waals surface area contributed by atoms with E-state index in [0.29, 0.717) is 0 Å². The smallest absolute Gasteiger partial charge is 0.211 e. The lowest BCUT2D eigenvalue weighted by Crippen LogP contribution is -2.14. The van der Waals surface area contributed by atoms with Crippen molar-refractivity contribution in [3.8, 4) is 11.3 Å². The van der Waals surface area contributed by atoms with E-state index < -0.39 is 0 Å². The van der Waals surface area contributed by atoms with Gasteiger partial charge in [-0.25, -0.2) is 9.67 Å². The number of aromatic nitrogens is 2. The van der Waals surface area contributed by atoms with E-state index in [1.165, 1.54) is 42.5 Å². The van der Waals surface area contributed by atoms with E-state index in [1.807, 2.05) is 16.8 Å². The third-order valence-electron chi connectivity index (χ3n) is 4.83. The van der Waals surface area contributed by atoms with Gasteiger partial charge in [-0.2, -0.15) is 5.10 Å². The van der Waals surface area contributed by atoms with Crippen molar-refractivity contribution < 1.29 is 0 Å². The second kappa shape index (κ2) is 8.44. The Hall–Kier alpha value is -2.53. The van der Waals surface area contributed by atoms with Crippen molar-refractivity contribution in [2.75, 3.05) is 0 Å². The number of hydrogen-bond acceptors (Lipinski definition) is 4. The summed E-state index contributed by atoms with van der Waals surface area (Å²) in [5, 5.41) is 7.22. The van der Waals surface area contributed by atoms with Crippen LogP contribution in [0.3, 0.4) is 0 Å². The fraction of sp³-hybridized carbons (Fsp3) is 0.318. The van der Waals surface area contributed by atoms with Gasteiger partial charge in [0.05, 0.1) is 17.6 Å². The highest BCUT2D eigenvalue weighted by atomic mass is 32.1. The number of nitrogens with zero attached hydrogens (tertiary/aromatic N) is 4. The molecule has 1 fully saturated rings. The first-order valence-electron chi connectivity index (χ1n) is 9.59. The van der Waals surface area contributed by atoms with Gasteiger partial charge >= 0.3 is 0 Å². The molecular formula is C22H24N4S. The summed E-state index contributed by atoms with van der Waals surface area (Å²) in [4.78, 5) is 9.87. The predicted octanol–water partition coefficient (Wildman–Crippen LogP) is 5.71. The Kier molecular flexibility index (Phi) is 5.58. The highest BCUT2D eigenvalue weighted by Crippen LogP contribution is 2.23. The van der Waals surface area contributed by atoms with E-state index >= 15 is 0 Å². The Labute approximate surface area is 164 Å². The highest BCUT2D eigenvalue weighted by molar-refractivity contribution is 7.07. The van der Waals surface area contributed by atoms with Gasteiger partial charge in [-0.15, -0.1) is 11.3 Å². The minimum Gasteiger partial charge on any atom is -0.262 e. The standard InChI is InChI=1S/C22H24N4S/c1-17-10-12-18(13-11-17)21-16-27-22(24-20-9-6-14-23-15-20)26(21)25-19-7-4-2-3-5-8-19/h6,9-16H,2-5,7-8H2,1H3. The predicted molar refractivity (Wildman–Crippen MR) is 112 cm³/mol. The molecule has 1 aliphatic rings. The van der Waals surface area contributed by atoms with Crippen LogP contribution in [0.1, 0.15) is 44.1 Å². The van der Waals surface area contributed by atoms with Crippen LogP contribution in [0.25, 0.3) is 11.3 Å². The van der Waals surface area contributed by atoms with Crippen LogP contribution < -0.4 is 4.80 Å². The SMILES string of the molecule is Cc1ccc(-c2csc(=Nc3cccnc3)n2N=C2CCCCCC2)cc1. The van der Waals surface area contributed by atoms with Crippen molar-refractivity contribution in [2.45, 2.75) is 45.4 Å². The van der Waals surface area contributed by atoms with E-state index in [0.717, 1.165) is 29.0 Å². The van der Waals surface area contributed by atoms with Gasteiger partial charge in [0, 0.05) is 22.9 Å². The Morgan fingerprint density at radius 1 is 1.00 bits per heavy atom. The zero-order valence-electron chi connectivity index (χ0n) is 15.6. The molecule has 2 aromatic heterocycles. The maximum atomic E-state index is 5.06. The first-order chi connectivity index (χ1) is 13.3. The van der Waals surface area contributed by atoms with Crippen molar-refractivity contribution in [1.82, 2.24) is 9.66 Å². The number of thiazole rings is 1. The summed E-state index contributed by atoms with van der Waals surface area (Å²) in [6, 6.07) is 12.5. The Bertz CT molecular complexity index is 971. The molecule has 0 amide bonds. The van der Waals surface area contributed by atoms with Gasteiger partial charge in [-0.05, 0) is 44.7 Å². The highest BCUT2D eigenvalue weighted by Gasteiger charge is 2.11. The Morgan fingerprint density at radius 3 is 2.48 bits per heavy atom. The van der Waals surface area contributed by atoms with Gasteiger partial charge in [0.2, 0.25) is 4.80 Å². The molecule has 138 valence electrons. The molecule has 0 aliphatic heterocycles. The summed E-state index contributed by atoms with van der Waals surface area (Å²) in [5.74, 6) is 0. The summed E-state index contributed by atoms with van der Waals surface area (Å²) >= 11 is 1.63. The summed E-state index contributed by atoms with van der Waals surface area (Å²) in [6.07, 6.45) is 10.8. The molecule has 1 saturated carbocycles. The molecule has 0 radical (unpaired) electrons. The molecule has 1 aromatic carbocycles. The van der Waals surface area contributed by atoms with Crippen molar-refractivity contribution in [2.24, 2.45) is 10.1 Å². The maximum absolute atomic E-state index is 5.06. The van der Waals surface area contributed by atoms with Crippen LogP contribution in [-0.4, -0.2) is 15.4 Å². The van der Waals surface area contributed by atoms with E-state index in [4.69, 9.17) is 10.1 Å². The minimum absolute atomic E-state index is 0.852. The summed E-state index contributed by atoms with van der Waals surface area (Å²) in [6.45, 7) is 2.11. The quantitative estimate of drug-likeness (QED) is 0.540. The van der Waals surface area contributed by atoms with E-state index in [9.17, 15) is 0 Å². The molecule has 0 atom stereocenters.